The maximum atomic E-state index is 11.8. The molecule has 4 N–H and O–H groups in total. The van der Waals surface area contributed by atoms with Crippen molar-refractivity contribution in [2.75, 3.05) is 6.54 Å². The van der Waals surface area contributed by atoms with Gasteiger partial charge >= 0.3 is 11.9 Å². The van der Waals surface area contributed by atoms with Gasteiger partial charge in [-0.25, -0.2) is 0 Å². The first kappa shape index (κ1) is 15.4. The van der Waals surface area contributed by atoms with Gasteiger partial charge in [-0.1, -0.05) is 0 Å². The lowest BCUT2D eigenvalue weighted by atomic mass is 10.1. The average Bonchev–Trinajstić information content (AvgIpc) is 2.15. The van der Waals surface area contributed by atoms with E-state index in [0.717, 1.165) is 0 Å². The van der Waals surface area contributed by atoms with Gasteiger partial charge in [-0.3, -0.25) is 14.4 Å². The van der Waals surface area contributed by atoms with E-state index in [-0.39, 0.29) is 19.0 Å². The number of aliphatic carboxylic acids is 2. The van der Waals surface area contributed by atoms with Crippen molar-refractivity contribution in [1.82, 2.24) is 4.90 Å². The Bertz CT molecular complexity index is 303. The lowest BCUT2D eigenvalue weighted by Crippen LogP contribution is -2.48. The van der Waals surface area contributed by atoms with Crippen molar-refractivity contribution in [3.8, 4) is 0 Å². The van der Waals surface area contributed by atoms with Crippen LogP contribution in [0.1, 0.15) is 26.7 Å². The van der Waals surface area contributed by atoms with Crippen LogP contribution in [0.4, 0.5) is 0 Å². The van der Waals surface area contributed by atoms with Crippen LogP contribution in [0, 0.1) is 0 Å². The topological polar surface area (TPSA) is 121 Å². The standard InChI is InChI=1S/C10H18N2O5/c1-6(2)12(4-3-8(13)14)10(17)7(11)5-9(15)16/h6-7H,3-5,11H2,1-2H3,(H,13,14)(H,15,16). The van der Waals surface area contributed by atoms with Crippen molar-refractivity contribution in [2.24, 2.45) is 5.73 Å². The number of carbonyl (C=O) groups is 3. The SMILES string of the molecule is CC(C)N(CCC(=O)O)C(=O)C(N)CC(=O)O. The van der Waals surface area contributed by atoms with Crippen LogP contribution in [0.2, 0.25) is 0 Å². The summed E-state index contributed by atoms with van der Waals surface area (Å²) < 4.78 is 0. The molecule has 0 fully saturated rings. The Kier molecular flexibility index (Phi) is 6.19. The van der Waals surface area contributed by atoms with E-state index in [2.05, 4.69) is 0 Å². The van der Waals surface area contributed by atoms with Gasteiger partial charge in [0.2, 0.25) is 5.91 Å². The molecule has 1 atom stereocenters. The molecule has 1 unspecified atom stereocenters. The highest BCUT2D eigenvalue weighted by Gasteiger charge is 2.25. The fourth-order valence-corrected chi connectivity index (χ4v) is 1.33. The fourth-order valence-electron chi connectivity index (χ4n) is 1.33. The van der Waals surface area contributed by atoms with Crippen molar-refractivity contribution < 1.29 is 24.6 Å². The minimum atomic E-state index is -1.16. The Morgan fingerprint density at radius 3 is 2.06 bits per heavy atom. The number of rotatable bonds is 7. The van der Waals surface area contributed by atoms with Gasteiger partial charge in [0.1, 0.15) is 0 Å². The van der Waals surface area contributed by atoms with Gasteiger partial charge in [-0.15, -0.1) is 0 Å². The maximum absolute atomic E-state index is 11.8. The van der Waals surface area contributed by atoms with Gasteiger partial charge in [0, 0.05) is 12.6 Å². The molecule has 7 nitrogen and oxygen atoms in total. The fraction of sp³-hybridized carbons (Fsp3) is 0.700. The molecule has 98 valence electrons. The van der Waals surface area contributed by atoms with Gasteiger partial charge in [0.25, 0.3) is 0 Å². The predicted molar refractivity (Wildman–Crippen MR) is 59.3 cm³/mol. The minimum absolute atomic E-state index is 0.0269. The Hall–Kier alpha value is -1.63. The van der Waals surface area contributed by atoms with Crippen LogP contribution < -0.4 is 5.73 Å². The zero-order valence-electron chi connectivity index (χ0n) is 9.92. The molecule has 0 aromatic carbocycles. The van der Waals surface area contributed by atoms with Crippen LogP contribution >= 0.6 is 0 Å². The van der Waals surface area contributed by atoms with Crippen LogP contribution in [0.5, 0.6) is 0 Å². The molecular formula is C10H18N2O5. The average molecular weight is 246 g/mol. The van der Waals surface area contributed by atoms with Gasteiger partial charge in [0.05, 0.1) is 18.9 Å². The van der Waals surface area contributed by atoms with E-state index in [1.807, 2.05) is 0 Å². The summed E-state index contributed by atoms with van der Waals surface area (Å²) in [7, 11) is 0. The van der Waals surface area contributed by atoms with Gasteiger partial charge in [-0.05, 0) is 13.8 Å². The van der Waals surface area contributed by atoms with Crippen LogP contribution in [-0.4, -0.2) is 51.6 Å². The number of carboxylic acids is 2. The van der Waals surface area contributed by atoms with Crippen LogP contribution in [0.3, 0.4) is 0 Å². The lowest BCUT2D eigenvalue weighted by molar-refractivity contribution is -0.144. The van der Waals surface area contributed by atoms with Crippen LogP contribution in [0.15, 0.2) is 0 Å². The largest absolute Gasteiger partial charge is 0.481 e. The molecule has 0 heterocycles. The minimum Gasteiger partial charge on any atom is -0.481 e. The summed E-state index contributed by atoms with van der Waals surface area (Å²) in [6.45, 7) is 3.46. The zero-order valence-corrected chi connectivity index (χ0v) is 9.92. The van der Waals surface area contributed by atoms with E-state index in [1.54, 1.807) is 13.8 Å². The molecule has 0 aromatic heterocycles. The number of nitrogens with zero attached hydrogens (tertiary/aromatic N) is 1. The highest BCUT2D eigenvalue weighted by atomic mass is 16.4. The van der Waals surface area contributed by atoms with Gasteiger partial charge in [0.15, 0.2) is 0 Å². The zero-order chi connectivity index (χ0) is 13.6. The predicted octanol–water partition coefficient (Wildman–Crippen LogP) is -0.500. The summed E-state index contributed by atoms with van der Waals surface area (Å²) in [5, 5.41) is 17.1. The second-order valence-electron chi connectivity index (χ2n) is 3.97. The number of carboxylic acid groups (broad SMARTS) is 2. The molecule has 0 saturated heterocycles. The van der Waals surface area contributed by atoms with E-state index in [9.17, 15) is 14.4 Å². The third kappa shape index (κ3) is 5.86. The molecule has 0 radical (unpaired) electrons. The Morgan fingerprint density at radius 1 is 1.18 bits per heavy atom. The van der Waals surface area contributed by atoms with Gasteiger partial charge < -0.3 is 20.8 Å². The third-order valence-electron chi connectivity index (χ3n) is 2.18. The van der Waals surface area contributed by atoms with Crippen LogP contribution in [0.25, 0.3) is 0 Å². The smallest absolute Gasteiger partial charge is 0.305 e. The molecule has 1 amide bonds. The van der Waals surface area contributed by atoms with Crippen molar-refractivity contribution in [2.45, 2.75) is 38.8 Å². The summed E-state index contributed by atoms with van der Waals surface area (Å²) >= 11 is 0. The Morgan fingerprint density at radius 2 is 1.71 bits per heavy atom. The van der Waals surface area contributed by atoms with E-state index >= 15 is 0 Å². The third-order valence-corrected chi connectivity index (χ3v) is 2.18. The molecule has 0 bridgehead atoms. The van der Waals surface area contributed by atoms with Crippen molar-refractivity contribution in [3.63, 3.8) is 0 Å². The number of nitrogens with two attached hydrogens (primary N) is 1. The van der Waals surface area contributed by atoms with E-state index < -0.39 is 30.3 Å². The number of carbonyl (C=O) groups excluding carboxylic acids is 1. The first-order valence-electron chi connectivity index (χ1n) is 5.25. The molecule has 0 aromatic rings. The normalized spacial score (nSPS) is 12.2. The Balaban J connectivity index is 4.53. The molecule has 7 heteroatoms. The summed E-state index contributed by atoms with van der Waals surface area (Å²) in [5.41, 5.74) is 5.44. The summed E-state index contributed by atoms with van der Waals surface area (Å²) in [5.74, 6) is -2.72. The molecule has 0 spiro atoms. The number of amides is 1. The summed E-state index contributed by atoms with van der Waals surface area (Å²) in [6.07, 6.45) is -0.654. The number of hydrogen-bond donors (Lipinski definition) is 3. The highest BCUT2D eigenvalue weighted by molar-refractivity contribution is 5.86. The Labute approximate surface area is 99.2 Å². The molecular weight excluding hydrogens is 228 g/mol. The molecule has 0 saturated carbocycles. The highest BCUT2D eigenvalue weighted by Crippen LogP contribution is 2.05. The lowest BCUT2D eigenvalue weighted by Gasteiger charge is -2.28. The first-order valence-corrected chi connectivity index (χ1v) is 5.25. The maximum Gasteiger partial charge on any atom is 0.305 e. The van der Waals surface area contributed by atoms with Crippen molar-refractivity contribution in [1.29, 1.82) is 0 Å². The van der Waals surface area contributed by atoms with Gasteiger partial charge in [-0.2, -0.15) is 0 Å². The molecule has 0 aliphatic carbocycles. The monoisotopic (exact) mass is 246 g/mol. The molecule has 17 heavy (non-hydrogen) atoms. The van der Waals surface area contributed by atoms with Crippen molar-refractivity contribution >= 4 is 17.8 Å². The number of hydrogen-bond acceptors (Lipinski definition) is 4. The second kappa shape index (κ2) is 6.85. The molecule has 0 aliphatic rings. The van der Waals surface area contributed by atoms with E-state index in [1.165, 1.54) is 4.90 Å². The quantitative estimate of drug-likeness (QED) is 0.556. The summed E-state index contributed by atoms with van der Waals surface area (Å²) in [4.78, 5) is 33.9. The molecule has 0 aliphatic heterocycles. The van der Waals surface area contributed by atoms with E-state index in [4.69, 9.17) is 15.9 Å². The van der Waals surface area contributed by atoms with Crippen LogP contribution in [-0.2, 0) is 14.4 Å². The second-order valence-corrected chi connectivity index (χ2v) is 3.97. The molecule has 0 rings (SSSR count). The van der Waals surface area contributed by atoms with Crippen molar-refractivity contribution in [3.05, 3.63) is 0 Å². The summed E-state index contributed by atoms with van der Waals surface area (Å²) in [6, 6.07) is -1.36. The first-order chi connectivity index (χ1) is 7.75. The van der Waals surface area contributed by atoms with E-state index in [0.29, 0.717) is 0 Å².